The fourth-order valence-electron chi connectivity index (χ4n) is 3.07. The smallest absolute Gasteiger partial charge is 0.315 e. The molecule has 1 heterocycles. The maximum atomic E-state index is 12.0. The first kappa shape index (κ1) is 15.9. The molecule has 1 fully saturated rings. The van der Waals surface area contributed by atoms with Crippen molar-refractivity contribution in [3.05, 3.63) is 23.8 Å². The lowest BCUT2D eigenvalue weighted by atomic mass is 9.95. The van der Waals surface area contributed by atoms with Crippen LogP contribution in [-0.2, 0) is 5.60 Å². The Hall–Kier alpha value is -1.95. The average molecular weight is 320 g/mol. The zero-order valence-electron chi connectivity index (χ0n) is 13.4. The van der Waals surface area contributed by atoms with Crippen LogP contribution < -0.4 is 20.1 Å². The topological polar surface area (TPSA) is 79.8 Å². The van der Waals surface area contributed by atoms with Gasteiger partial charge in [-0.2, -0.15) is 0 Å². The summed E-state index contributed by atoms with van der Waals surface area (Å²) in [4.78, 5) is 12.0. The van der Waals surface area contributed by atoms with E-state index in [1.165, 1.54) is 19.3 Å². The number of urea groups is 1. The van der Waals surface area contributed by atoms with Gasteiger partial charge in [0, 0.05) is 6.04 Å². The van der Waals surface area contributed by atoms with Gasteiger partial charge in [-0.25, -0.2) is 4.79 Å². The molecule has 1 aromatic carbocycles. The highest BCUT2D eigenvalue weighted by Gasteiger charge is 2.27. The minimum absolute atomic E-state index is 0.130. The summed E-state index contributed by atoms with van der Waals surface area (Å²) < 4.78 is 10.6. The lowest BCUT2D eigenvalue weighted by Gasteiger charge is -2.26. The van der Waals surface area contributed by atoms with E-state index in [1.807, 2.05) is 0 Å². The third-order valence-electron chi connectivity index (χ3n) is 4.53. The Morgan fingerprint density at radius 3 is 2.78 bits per heavy atom. The van der Waals surface area contributed by atoms with E-state index in [2.05, 4.69) is 10.6 Å². The van der Waals surface area contributed by atoms with Crippen molar-refractivity contribution in [2.45, 2.75) is 50.7 Å². The van der Waals surface area contributed by atoms with Crippen LogP contribution >= 0.6 is 0 Å². The number of rotatable bonds is 4. The van der Waals surface area contributed by atoms with Crippen molar-refractivity contribution < 1.29 is 19.4 Å². The van der Waals surface area contributed by atoms with E-state index < -0.39 is 5.60 Å². The van der Waals surface area contributed by atoms with E-state index in [-0.39, 0.29) is 25.4 Å². The van der Waals surface area contributed by atoms with Gasteiger partial charge in [0.05, 0.1) is 6.54 Å². The molecule has 3 N–H and O–H groups in total. The van der Waals surface area contributed by atoms with E-state index in [9.17, 15) is 9.90 Å². The summed E-state index contributed by atoms with van der Waals surface area (Å²) in [5, 5.41) is 16.4. The van der Waals surface area contributed by atoms with Crippen molar-refractivity contribution in [2.75, 3.05) is 13.3 Å². The highest BCUT2D eigenvalue weighted by Crippen LogP contribution is 2.35. The Morgan fingerprint density at radius 1 is 1.26 bits per heavy atom. The molecule has 23 heavy (non-hydrogen) atoms. The summed E-state index contributed by atoms with van der Waals surface area (Å²) in [6.07, 6.45) is 5.65. The second-order valence-corrected chi connectivity index (χ2v) is 6.50. The van der Waals surface area contributed by atoms with Gasteiger partial charge in [0.25, 0.3) is 0 Å². The van der Waals surface area contributed by atoms with Crippen molar-refractivity contribution in [1.82, 2.24) is 10.6 Å². The molecule has 0 spiro atoms. The van der Waals surface area contributed by atoms with Gasteiger partial charge in [-0.05, 0) is 37.5 Å². The molecule has 126 valence electrons. The fourth-order valence-corrected chi connectivity index (χ4v) is 3.07. The largest absolute Gasteiger partial charge is 0.454 e. The van der Waals surface area contributed by atoms with E-state index in [0.29, 0.717) is 17.1 Å². The van der Waals surface area contributed by atoms with Crippen LogP contribution in [0, 0.1) is 0 Å². The lowest BCUT2D eigenvalue weighted by Crippen LogP contribution is -2.47. The number of ether oxygens (including phenoxy) is 2. The molecule has 2 aliphatic rings. The van der Waals surface area contributed by atoms with E-state index >= 15 is 0 Å². The fraction of sp³-hybridized carbons (Fsp3) is 0.588. The number of hydrogen-bond acceptors (Lipinski definition) is 4. The minimum Gasteiger partial charge on any atom is -0.454 e. The number of amides is 2. The van der Waals surface area contributed by atoms with Gasteiger partial charge in [0.1, 0.15) is 5.60 Å². The monoisotopic (exact) mass is 320 g/mol. The number of nitrogens with one attached hydrogen (secondary N) is 2. The molecule has 1 aliphatic carbocycles. The Morgan fingerprint density at radius 2 is 2.00 bits per heavy atom. The molecule has 0 unspecified atom stereocenters. The molecule has 0 radical (unpaired) electrons. The number of aliphatic hydroxyl groups is 1. The van der Waals surface area contributed by atoms with Crippen LogP contribution in [0.15, 0.2) is 18.2 Å². The number of fused-ring (bicyclic) bond motifs is 1. The molecule has 1 atom stereocenters. The van der Waals surface area contributed by atoms with Crippen LogP contribution in [-0.4, -0.2) is 30.5 Å². The van der Waals surface area contributed by atoms with E-state index in [4.69, 9.17) is 9.47 Å². The number of hydrogen-bond donors (Lipinski definition) is 3. The zero-order valence-corrected chi connectivity index (χ0v) is 13.4. The van der Waals surface area contributed by atoms with Gasteiger partial charge >= 0.3 is 6.03 Å². The van der Waals surface area contributed by atoms with Gasteiger partial charge < -0.3 is 25.2 Å². The minimum atomic E-state index is -1.18. The van der Waals surface area contributed by atoms with Crippen LogP contribution in [0.25, 0.3) is 0 Å². The first-order chi connectivity index (χ1) is 11.0. The van der Waals surface area contributed by atoms with Crippen molar-refractivity contribution in [2.24, 2.45) is 0 Å². The van der Waals surface area contributed by atoms with Crippen molar-refractivity contribution in [3.63, 3.8) is 0 Å². The maximum Gasteiger partial charge on any atom is 0.315 e. The second kappa shape index (κ2) is 6.66. The van der Waals surface area contributed by atoms with E-state index in [1.54, 1.807) is 25.1 Å². The Bertz CT molecular complexity index is 568. The van der Waals surface area contributed by atoms with Crippen molar-refractivity contribution >= 4 is 6.03 Å². The number of carbonyl (C=O) groups excluding carboxylic acids is 1. The zero-order chi connectivity index (χ0) is 16.3. The molecule has 3 rings (SSSR count). The van der Waals surface area contributed by atoms with Crippen molar-refractivity contribution in [3.8, 4) is 11.5 Å². The highest BCUT2D eigenvalue weighted by molar-refractivity contribution is 5.74. The SMILES string of the molecule is C[C@](O)(CNC(=O)NC1CCCCC1)c1ccc2c(c1)OCO2. The first-order valence-corrected chi connectivity index (χ1v) is 8.21. The summed E-state index contributed by atoms with van der Waals surface area (Å²) in [6, 6.07) is 5.34. The lowest BCUT2D eigenvalue weighted by molar-refractivity contribution is 0.0589. The Labute approximate surface area is 136 Å². The van der Waals surface area contributed by atoms with Crippen LogP contribution in [0.2, 0.25) is 0 Å². The molecule has 2 amide bonds. The predicted molar refractivity (Wildman–Crippen MR) is 85.5 cm³/mol. The van der Waals surface area contributed by atoms with Crippen molar-refractivity contribution in [1.29, 1.82) is 0 Å². The van der Waals surface area contributed by atoms with Crippen LogP contribution in [0.3, 0.4) is 0 Å². The molecule has 1 saturated carbocycles. The van der Waals surface area contributed by atoms with Gasteiger partial charge in [-0.3, -0.25) is 0 Å². The molecular formula is C17H24N2O4. The first-order valence-electron chi connectivity index (χ1n) is 8.21. The van der Waals surface area contributed by atoms with Crippen LogP contribution in [0.5, 0.6) is 11.5 Å². The maximum absolute atomic E-state index is 12.0. The van der Waals surface area contributed by atoms with Gasteiger partial charge in [-0.15, -0.1) is 0 Å². The molecule has 6 nitrogen and oxygen atoms in total. The van der Waals surface area contributed by atoms with Gasteiger partial charge in [0.15, 0.2) is 11.5 Å². The van der Waals surface area contributed by atoms with Crippen LogP contribution in [0.1, 0.15) is 44.6 Å². The third kappa shape index (κ3) is 3.88. The molecular weight excluding hydrogens is 296 g/mol. The molecule has 0 aromatic heterocycles. The summed E-state index contributed by atoms with van der Waals surface area (Å²) in [7, 11) is 0. The molecule has 6 heteroatoms. The quantitative estimate of drug-likeness (QED) is 0.795. The average Bonchev–Trinajstić information content (AvgIpc) is 3.02. The molecule has 0 bridgehead atoms. The summed E-state index contributed by atoms with van der Waals surface area (Å²) in [5.41, 5.74) is -0.495. The Kier molecular flexibility index (Phi) is 4.61. The van der Waals surface area contributed by atoms with Gasteiger partial charge in [0.2, 0.25) is 6.79 Å². The highest BCUT2D eigenvalue weighted by atomic mass is 16.7. The molecule has 1 aromatic rings. The number of benzene rings is 1. The summed E-state index contributed by atoms with van der Waals surface area (Å²) >= 11 is 0. The predicted octanol–water partition coefficient (Wildman–Crippen LogP) is 2.25. The molecule has 0 saturated heterocycles. The Balaban J connectivity index is 1.54. The number of carbonyl (C=O) groups is 1. The van der Waals surface area contributed by atoms with E-state index in [0.717, 1.165) is 12.8 Å². The summed E-state index contributed by atoms with van der Waals surface area (Å²) in [5.74, 6) is 1.29. The molecule has 1 aliphatic heterocycles. The standard InChI is InChI=1S/C17H24N2O4/c1-17(21,12-7-8-14-15(9-12)23-11-22-14)10-18-16(20)19-13-5-3-2-4-6-13/h7-9,13,21H,2-6,10-11H2,1H3,(H2,18,19,20)/t17-/m0/s1. The second-order valence-electron chi connectivity index (χ2n) is 6.50. The normalized spacial score (nSPS) is 19.9. The third-order valence-corrected chi connectivity index (χ3v) is 4.53. The van der Waals surface area contributed by atoms with Crippen LogP contribution in [0.4, 0.5) is 4.79 Å². The summed E-state index contributed by atoms with van der Waals surface area (Å²) in [6.45, 7) is 2.00. The van der Waals surface area contributed by atoms with Gasteiger partial charge in [-0.1, -0.05) is 25.3 Å².